The maximum absolute atomic E-state index is 12.1. The lowest BCUT2D eigenvalue weighted by atomic mass is 10.1. The summed E-state index contributed by atoms with van der Waals surface area (Å²) in [6.45, 7) is 1.92. The zero-order valence-corrected chi connectivity index (χ0v) is 13.0. The van der Waals surface area contributed by atoms with Gasteiger partial charge in [0.1, 0.15) is 5.78 Å². The van der Waals surface area contributed by atoms with Gasteiger partial charge in [-0.3, -0.25) is 4.79 Å². The van der Waals surface area contributed by atoms with Crippen molar-refractivity contribution in [2.45, 2.75) is 29.9 Å². The van der Waals surface area contributed by atoms with Crippen LogP contribution in [-0.2, 0) is 11.2 Å². The van der Waals surface area contributed by atoms with Gasteiger partial charge in [0.05, 0.1) is 5.25 Å². The molecule has 1 atom stereocenters. The minimum atomic E-state index is -0.0384. The minimum Gasteiger partial charge on any atom is -0.298 e. The first-order chi connectivity index (χ1) is 9.69. The number of ketones is 1. The molecule has 0 N–H and O–H groups in total. The van der Waals surface area contributed by atoms with E-state index in [9.17, 15) is 4.79 Å². The summed E-state index contributed by atoms with van der Waals surface area (Å²) in [6, 6.07) is 17.8. The van der Waals surface area contributed by atoms with Crippen LogP contribution in [0.2, 0.25) is 5.02 Å². The van der Waals surface area contributed by atoms with Crippen LogP contribution in [0.4, 0.5) is 0 Å². The van der Waals surface area contributed by atoms with E-state index in [4.69, 9.17) is 11.6 Å². The van der Waals surface area contributed by atoms with Crippen molar-refractivity contribution in [3.8, 4) is 0 Å². The predicted molar refractivity (Wildman–Crippen MR) is 86.5 cm³/mol. The van der Waals surface area contributed by atoms with Crippen molar-refractivity contribution in [1.82, 2.24) is 0 Å². The molecular formula is C17H17ClOS. The van der Waals surface area contributed by atoms with Crippen LogP contribution in [0.15, 0.2) is 59.5 Å². The van der Waals surface area contributed by atoms with Gasteiger partial charge in [-0.2, -0.15) is 0 Å². The van der Waals surface area contributed by atoms with Gasteiger partial charge in [0, 0.05) is 16.3 Å². The highest BCUT2D eigenvalue weighted by molar-refractivity contribution is 8.00. The highest BCUT2D eigenvalue weighted by Crippen LogP contribution is 2.28. The Bertz CT molecular complexity index is 551. The Morgan fingerprint density at radius 2 is 1.75 bits per heavy atom. The molecule has 0 aromatic heterocycles. The average molecular weight is 305 g/mol. The lowest BCUT2D eigenvalue weighted by Gasteiger charge is -2.15. The molecule has 0 saturated carbocycles. The largest absolute Gasteiger partial charge is 0.298 e. The van der Waals surface area contributed by atoms with Crippen LogP contribution in [0.1, 0.15) is 18.9 Å². The molecule has 0 heterocycles. The number of thioether (sulfide) groups is 1. The van der Waals surface area contributed by atoms with Gasteiger partial charge < -0.3 is 0 Å². The van der Waals surface area contributed by atoms with Gasteiger partial charge in [-0.05, 0) is 36.2 Å². The first-order valence-electron chi connectivity index (χ1n) is 6.68. The van der Waals surface area contributed by atoms with Crippen molar-refractivity contribution in [1.29, 1.82) is 0 Å². The van der Waals surface area contributed by atoms with Gasteiger partial charge in [0.25, 0.3) is 0 Å². The lowest BCUT2D eigenvalue weighted by Crippen LogP contribution is -2.18. The summed E-state index contributed by atoms with van der Waals surface area (Å²) in [5.74, 6) is 0.286. The molecule has 0 aliphatic rings. The van der Waals surface area contributed by atoms with E-state index in [1.807, 2.05) is 49.4 Å². The van der Waals surface area contributed by atoms with E-state index in [0.717, 1.165) is 16.3 Å². The normalized spacial score (nSPS) is 12.1. The van der Waals surface area contributed by atoms with Crippen molar-refractivity contribution in [3.63, 3.8) is 0 Å². The van der Waals surface area contributed by atoms with E-state index in [-0.39, 0.29) is 11.0 Å². The van der Waals surface area contributed by atoms with Gasteiger partial charge in [-0.15, -0.1) is 11.8 Å². The van der Waals surface area contributed by atoms with Crippen LogP contribution < -0.4 is 0 Å². The molecule has 104 valence electrons. The molecule has 1 nitrogen and oxygen atoms in total. The van der Waals surface area contributed by atoms with E-state index in [1.165, 1.54) is 5.56 Å². The topological polar surface area (TPSA) is 17.1 Å². The van der Waals surface area contributed by atoms with E-state index in [0.29, 0.717) is 6.42 Å². The Kier molecular flexibility index (Phi) is 5.69. The van der Waals surface area contributed by atoms with Gasteiger partial charge in [-0.25, -0.2) is 0 Å². The third-order valence-corrected chi connectivity index (χ3v) is 4.57. The number of Topliss-reactive ketones (excluding diaryl/α,β-unsaturated/α-hetero) is 1. The number of hydrogen-bond acceptors (Lipinski definition) is 2. The summed E-state index contributed by atoms with van der Waals surface area (Å²) in [7, 11) is 0. The smallest absolute Gasteiger partial charge is 0.146 e. The first-order valence-corrected chi connectivity index (χ1v) is 7.93. The summed E-state index contributed by atoms with van der Waals surface area (Å²) >= 11 is 7.51. The standard InChI is InChI=1S/C17H17ClOS/c1-2-16(19)17(12-13-6-4-3-5-7-13)20-15-10-8-14(18)9-11-15/h3-11,17H,2,12H2,1H3. The van der Waals surface area contributed by atoms with Crippen molar-refractivity contribution in [3.05, 3.63) is 65.2 Å². The second-order valence-corrected chi connectivity index (χ2v) is 6.28. The maximum atomic E-state index is 12.1. The van der Waals surface area contributed by atoms with Crippen molar-refractivity contribution < 1.29 is 4.79 Å². The Morgan fingerprint density at radius 1 is 1.10 bits per heavy atom. The highest BCUT2D eigenvalue weighted by Gasteiger charge is 2.18. The monoisotopic (exact) mass is 304 g/mol. The Labute approximate surface area is 129 Å². The van der Waals surface area contributed by atoms with Crippen molar-refractivity contribution in [2.24, 2.45) is 0 Å². The van der Waals surface area contributed by atoms with Gasteiger partial charge >= 0.3 is 0 Å². The van der Waals surface area contributed by atoms with Crippen LogP contribution in [0.3, 0.4) is 0 Å². The fraction of sp³-hybridized carbons (Fsp3) is 0.235. The molecule has 0 saturated heterocycles. The molecule has 20 heavy (non-hydrogen) atoms. The summed E-state index contributed by atoms with van der Waals surface area (Å²) in [5, 5.41) is 0.680. The van der Waals surface area contributed by atoms with Crippen molar-refractivity contribution in [2.75, 3.05) is 0 Å². The molecule has 2 aromatic rings. The SMILES string of the molecule is CCC(=O)C(Cc1ccccc1)Sc1ccc(Cl)cc1. The highest BCUT2D eigenvalue weighted by atomic mass is 35.5. The summed E-state index contributed by atoms with van der Waals surface area (Å²) in [5.41, 5.74) is 1.20. The number of benzene rings is 2. The molecule has 2 aromatic carbocycles. The number of halogens is 1. The van der Waals surface area contributed by atoms with Gasteiger partial charge in [-0.1, -0.05) is 48.9 Å². The van der Waals surface area contributed by atoms with Gasteiger partial charge in [0.15, 0.2) is 0 Å². The molecule has 0 fully saturated rings. The number of carbonyl (C=O) groups excluding carboxylic acids is 1. The van der Waals surface area contributed by atoms with Crippen LogP contribution in [0.5, 0.6) is 0 Å². The second-order valence-electron chi connectivity index (χ2n) is 4.57. The second kappa shape index (κ2) is 7.51. The molecule has 0 bridgehead atoms. The molecule has 2 rings (SSSR count). The maximum Gasteiger partial charge on any atom is 0.146 e. The molecule has 0 aliphatic carbocycles. The zero-order valence-electron chi connectivity index (χ0n) is 11.4. The van der Waals surface area contributed by atoms with E-state index < -0.39 is 0 Å². The first kappa shape index (κ1) is 15.1. The lowest BCUT2D eigenvalue weighted by molar-refractivity contribution is -0.118. The number of carbonyl (C=O) groups is 1. The molecule has 3 heteroatoms. The third-order valence-electron chi connectivity index (χ3n) is 3.06. The molecule has 0 amide bonds. The molecule has 0 aliphatic heterocycles. The van der Waals surface area contributed by atoms with Crippen molar-refractivity contribution >= 4 is 29.1 Å². The van der Waals surface area contributed by atoms with Crippen LogP contribution in [0, 0.1) is 0 Å². The predicted octanol–water partition coefficient (Wildman–Crippen LogP) is 5.02. The number of hydrogen-bond donors (Lipinski definition) is 0. The van der Waals surface area contributed by atoms with Gasteiger partial charge in [0.2, 0.25) is 0 Å². The number of rotatable bonds is 6. The quantitative estimate of drug-likeness (QED) is 0.697. The third kappa shape index (κ3) is 4.39. The Balaban J connectivity index is 2.11. The zero-order chi connectivity index (χ0) is 14.4. The summed E-state index contributed by atoms with van der Waals surface area (Å²) in [4.78, 5) is 13.2. The fourth-order valence-electron chi connectivity index (χ4n) is 1.95. The summed E-state index contributed by atoms with van der Waals surface area (Å²) < 4.78 is 0. The fourth-order valence-corrected chi connectivity index (χ4v) is 3.28. The van der Waals surface area contributed by atoms with Crippen LogP contribution in [-0.4, -0.2) is 11.0 Å². The Morgan fingerprint density at radius 3 is 2.35 bits per heavy atom. The molecule has 0 radical (unpaired) electrons. The van der Waals surface area contributed by atoms with E-state index in [1.54, 1.807) is 11.8 Å². The molecular weight excluding hydrogens is 288 g/mol. The Hall–Kier alpha value is -1.25. The van der Waals surface area contributed by atoms with E-state index >= 15 is 0 Å². The van der Waals surface area contributed by atoms with Crippen LogP contribution in [0.25, 0.3) is 0 Å². The average Bonchev–Trinajstić information content (AvgIpc) is 2.49. The minimum absolute atomic E-state index is 0.0384. The molecule has 1 unspecified atom stereocenters. The molecule has 0 spiro atoms. The van der Waals surface area contributed by atoms with E-state index in [2.05, 4.69) is 12.1 Å². The summed E-state index contributed by atoms with van der Waals surface area (Å²) in [6.07, 6.45) is 1.33. The van der Waals surface area contributed by atoms with Crippen LogP contribution >= 0.6 is 23.4 Å².